The lowest BCUT2D eigenvalue weighted by Crippen LogP contribution is -2.36. The molecule has 2 nitrogen and oxygen atoms in total. The fourth-order valence-electron chi connectivity index (χ4n) is 2.13. The summed E-state index contributed by atoms with van der Waals surface area (Å²) in [6.45, 7) is 10.0. The highest BCUT2D eigenvalue weighted by Crippen LogP contribution is 2.30. The molecule has 1 aliphatic heterocycles. The SMILES string of the molecule is Cc1ccc2c(c1)N(CC(C)C)CCN2. The molecule has 82 valence electrons. The van der Waals surface area contributed by atoms with E-state index >= 15 is 0 Å². The molecular weight excluding hydrogens is 184 g/mol. The number of rotatable bonds is 2. The summed E-state index contributed by atoms with van der Waals surface area (Å²) in [6.07, 6.45) is 0. The van der Waals surface area contributed by atoms with E-state index < -0.39 is 0 Å². The lowest BCUT2D eigenvalue weighted by molar-refractivity contribution is 0.610. The van der Waals surface area contributed by atoms with Crippen LogP contribution in [0.15, 0.2) is 18.2 Å². The summed E-state index contributed by atoms with van der Waals surface area (Å²) >= 11 is 0. The maximum atomic E-state index is 3.45. The van der Waals surface area contributed by atoms with Crippen molar-refractivity contribution in [3.63, 3.8) is 0 Å². The molecule has 0 amide bonds. The highest BCUT2D eigenvalue weighted by Gasteiger charge is 2.16. The zero-order chi connectivity index (χ0) is 10.8. The summed E-state index contributed by atoms with van der Waals surface area (Å²) in [5.41, 5.74) is 3.99. The van der Waals surface area contributed by atoms with E-state index in [0.29, 0.717) is 0 Å². The Morgan fingerprint density at radius 1 is 1.40 bits per heavy atom. The molecule has 2 rings (SSSR count). The lowest BCUT2D eigenvalue weighted by Gasteiger charge is -2.33. The van der Waals surface area contributed by atoms with Crippen LogP contribution in [-0.4, -0.2) is 19.6 Å². The topological polar surface area (TPSA) is 15.3 Å². The van der Waals surface area contributed by atoms with Crippen LogP contribution >= 0.6 is 0 Å². The molecule has 0 aliphatic carbocycles. The quantitative estimate of drug-likeness (QED) is 0.797. The lowest BCUT2D eigenvalue weighted by atomic mass is 10.1. The second-order valence-corrected chi connectivity index (χ2v) is 4.79. The molecule has 0 fully saturated rings. The van der Waals surface area contributed by atoms with Crippen LogP contribution in [0.2, 0.25) is 0 Å². The van der Waals surface area contributed by atoms with Gasteiger partial charge in [0.25, 0.3) is 0 Å². The predicted octanol–water partition coefficient (Wildman–Crippen LogP) is 2.88. The minimum atomic E-state index is 0.719. The van der Waals surface area contributed by atoms with E-state index in [9.17, 15) is 0 Å². The van der Waals surface area contributed by atoms with Gasteiger partial charge in [0, 0.05) is 19.6 Å². The first kappa shape index (κ1) is 10.3. The first-order valence-electron chi connectivity index (χ1n) is 5.76. The number of fused-ring (bicyclic) bond motifs is 1. The molecule has 1 aliphatic rings. The Kier molecular flexibility index (Phi) is 2.85. The van der Waals surface area contributed by atoms with Crippen LogP contribution in [0.25, 0.3) is 0 Å². The Hall–Kier alpha value is -1.18. The van der Waals surface area contributed by atoms with Crippen molar-refractivity contribution in [2.75, 3.05) is 29.9 Å². The number of nitrogens with zero attached hydrogens (tertiary/aromatic N) is 1. The summed E-state index contributed by atoms with van der Waals surface area (Å²) in [5.74, 6) is 0.719. The van der Waals surface area contributed by atoms with Crippen LogP contribution in [0.3, 0.4) is 0 Å². The molecule has 2 heteroatoms. The van der Waals surface area contributed by atoms with Crippen LogP contribution in [-0.2, 0) is 0 Å². The number of anilines is 2. The van der Waals surface area contributed by atoms with Gasteiger partial charge in [0.05, 0.1) is 11.4 Å². The van der Waals surface area contributed by atoms with Gasteiger partial charge in [0.15, 0.2) is 0 Å². The van der Waals surface area contributed by atoms with Gasteiger partial charge in [-0.15, -0.1) is 0 Å². The number of benzene rings is 1. The molecule has 15 heavy (non-hydrogen) atoms. The molecule has 1 aromatic rings. The Balaban J connectivity index is 2.28. The van der Waals surface area contributed by atoms with Gasteiger partial charge in [-0.05, 0) is 30.5 Å². The zero-order valence-electron chi connectivity index (χ0n) is 9.88. The van der Waals surface area contributed by atoms with E-state index in [2.05, 4.69) is 49.2 Å². The molecular formula is C13H20N2. The van der Waals surface area contributed by atoms with Gasteiger partial charge in [-0.25, -0.2) is 0 Å². The fourth-order valence-corrected chi connectivity index (χ4v) is 2.13. The third kappa shape index (κ3) is 2.25. The van der Waals surface area contributed by atoms with Gasteiger partial charge in [-0.2, -0.15) is 0 Å². The van der Waals surface area contributed by atoms with Crippen molar-refractivity contribution in [1.82, 2.24) is 0 Å². The van der Waals surface area contributed by atoms with Crippen molar-refractivity contribution < 1.29 is 0 Å². The molecule has 0 bridgehead atoms. The van der Waals surface area contributed by atoms with Gasteiger partial charge in [0.2, 0.25) is 0 Å². The summed E-state index contributed by atoms with van der Waals surface area (Å²) in [6, 6.07) is 6.64. The average molecular weight is 204 g/mol. The molecule has 1 aromatic carbocycles. The van der Waals surface area contributed by atoms with E-state index in [0.717, 1.165) is 25.6 Å². The maximum Gasteiger partial charge on any atom is 0.0605 e. The number of nitrogens with one attached hydrogen (secondary N) is 1. The Morgan fingerprint density at radius 3 is 2.93 bits per heavy atom. The maximum absolute atomic E-state index is 3.45. The van der Waals surface area contributed by atoms with Crippen molar-refractivity contribution in [3.8, 4) is 0 Å². The highest BCUT2D eigenvalue weighted by atomic mass is 15.2. The fraction of sp³-hybridized carbons (Fsp3) is 0.538. The van der Waals surface area contributed by atoms with E-state index in [4.69, 9.17) is 0 Å². The molecule has 0 unspecified atom stereocenters. The molecule has 1 heterocycles. The smallest absolute Gasteiger partial charge is 0.0605 e. The third-order valence-electron chi connectivity index (χ3n) is 2.78. The van der Waals surface area contributed by atoms with Crippen molar-refractivity contribution in [2.24, 2.45) is 5.92 Å². The van der Waals surface area contributed by atoms with Crippen LogP contribution in [0, 0.1) is 12.8 Å². The van der Waals surface area contributed by atoms with Gasteiger partial charge in [-0.1, -0.05) is 19.9 Å². The summed E-state index contributed by atoms with van der Waals surface area (Å²) in [7, 11) is 0. The van der Waals surface area contributed by atoms with Gasteiger partial charge < -0.3 is 10.2 Å². The third-order valence-corrected chi connectivity index (χ3v) is 2.78. The van der Waals surface area contributed by atoms with Crippen LogP contribution in [0.4, 0.5) is 11.4 Å². The van der Waals surface area contributed by atoms with Crippen LogP contribution in [0.5, 0.6) is 0 Å². The summed E-state index contributed by atoms with van der Waals surface area (Å²) in [4.78, 5) is 2.49. The predicted molar refractivity (Wildman–Crippen MR) is 66.7 cm³/mol. The monoisotopic (exact) mass is 204 g/mol. The zero-order valence-corrected chi connectivity index (χ0v) is 9.88. The van der Waals surface area contributed by atoms with Crippen molar-refractivity contribution in [2.45, 2.75) is 20.8 Å². The van der Waals surface area contributed by atoms with Gasteiger partial charge in [0.1, 0.15) is 0 Å². The first-order chi connectivity index (χ1) is 7.16. The second kappa shape index (κ2) is 4.13. The van der Waals surface area contributed by atoms with Crippen molar-refractivity contribution in [3.05, 3.63) is 23.8 Å². The van der Waals surface area contributed by atoms with E-state index in [-0.39, 0.29) is 0 Å². The average Bonchev–Trinajstić information content (AvgIpc) is 2.18. The van der Waals surface area contributed by atoms with Crippen LogP contribution in [0.1, 0.15) is 19.4 Å². The summed E-state index contributed by atoms with van der Waals surface area (Å²) in [5, 5.41) is 3.45. The number of hydrogen-bond acceptors (Lipinski definition) is 2. The van der Waals surface area contributed by atoms with Crippen molar-refractivity contribution >= 4 is 11.4 Å². The minimum absolute atomic E-state index is 0.719. The Bertz CT molecular complexity index is 344. The van der Waals surface area contributed by atoms with E-state index in [1.54, 1.807) is 0 Å². The minimum Gasteiger partial charge on any atom is -0.382 e. The second-order valence-electron chi connectivity index (χ2n) is 4.79. The van der Waals surface area contributed by atoms with Gasteiger partial charge >= 0.3 is 0 Å². The Morgan fingerprint density at radius 2 is 2.20 bits per heavy atom. The molecule has 0 saturated heterocycles. The molecule has 1 N–H and O–H groups in total. The molecule has 0 atom stereocenters. The molecule has 0 spiro atoms. The van der Waals surface area contributed by atoms with E-state index in [1.165, 1.54) is 16.9 Å². The normalized spacial score (nSPS) is 15.1. The standard InChI is InChI=1S/C13H20N2/c1-10(2)9-15-7-6-14-12-5-4-11(3)8-13(12)15/h4-5,8,10,14H,6-7,9H2,1-3H3. The number of aryl methyl sites for hydroxylation is 1. The number of hydrogen-bond donors (Lipinski definition) is 1. The first-order valence-corrected chi connectivity index (χ1v) is 5.76. The van der Waals surface area contributed by atoms with E-state index in [1.807, 2.05) is 0 Å². The molecule has 0 saturated carbocycles. The molecule has 0 radical (unpaired) electrons. The molecule has 0 aromatic heterocycles. The van der Waals surface area contributed by atoms with Crippen molar-refractivity contribution in [1.29, 1.82) is 0 Å². The Labute approximate surface area is 92.3 Å². The largest absolute Gasteiger partial charge is 0.382 e. The summed E-state index contributed by atoms with van der Waals surface area (Å²) < 4.78 is 0. The van der Waals surface area contributed by atoms with Crippen LogP contribution < -0.4 is 10.2 Å². The van der Waals surface area contributed by atoms with Gasteiger partial charge in [-0.3, -0.25) is 0 Å². The highest BCUT2D eigenvalue weighted by molar-refractivity contribution is 5.72.